The van der Waals surface area contributed by atoms with Crippen LogP contribution in [0.3, 0.4) is 0 Å². The van der Waals surface area contributed by atoms with Crippen molar-refractivity contribution in [2.75, 3.05) is 30.3 Å². The lowest BCUT2D eigenvalue weighted by Crippen LogP contribution is -2.33. The summed E-state index contributed by atoms with van der Waals surface area (Å²) in [5, 5.41) is 8.94. The number of fused-ring (bicyclic) bond motifs is 1. The predicted molar refractivity (Wildman–Crippen MR) is 74.4 cm³/mol. The van der Waals surface area contributed by atoms with Crippen molar-refractivity contribution in [3.8, 4) is 0 Å². The Morgan fingerprint density at radius 3 is 2.80 bits per heavy atom. The molecule has 7 heteroatoms. The maximum absolute atomic E-state index is 12.3. The van der Waals surface area contributed by atoms with E-state index in [1.807, 2.05) is 0 Å². The molecule has 0 spiro atoms. The molecule has 1 atom stereocenters. The number of hydrogen-bond acceptors (Lipinski definition) is 4. The number of methoxy groups -OCH3 is 1. The quantitative estimate of drug-likeness (QED) is 0.848. The highest BCUT2D eigenvalue weighted by Gasteiger charge is 2.36. The number of aliphatic carboxylic acids is 1. The van der Waals surface area contributed by atoms with Crippen LogP contribution in [0.1, 0.15) is 17.9 Å². The lowest BCUT2D eigenvalue weighted by atomic mass is 9.98. The van der Waals surface area contributed by atoms with Crippen LogP contribution >= 0.6 is 0 Å². The number of carbonyl (C=O) groups is 1. The molecule has 1 aliphatic heterocycles. The van der Waals surface area contributed by atoms with E-state index in [0.717, 1.165) is 5.56 Å². The van der Waals surface area contributed by atoms with E-state index < -0.39 is 16.0 Å². The highest BCUT2D eigenvalue weighted by atomic mass is 32.2. The van der Waals surface area contributed by atoms with E-state index in [4.69, 9.17) is 9.84 Å². The maximum Gasteiger partial charge on any atom is 0.304 e. The van der Waals surface area contributed by atoms with Crippen LogP contribution in [-0.2, 0) is 19.6 Å². The van der Waals surface area contributed by atoms with E-state index in [2.05, 4.69) is 0 Å². The predicted octanol–water partition coefficient (Wildman–Crippen LogP) is 1.04. The SMILES string of the molecule is COCCS(=O)(=O)N1CC(CC(=O)O)c2ccccc21. The fraction of sp³-hybridized carbons (Fsp3) is 0.462. The number of benzene rings is 1. The van der Waals surface area contributed by atoms with E-state index in [1.54, 1.807) is 24.3 Å². The van der Waals surface area contributed by atoms with Crippen LogP contribution in [0.25, 0.3) is 0 Å². The average Bonchev–Trinajstić information content (AvgIpc) is 2.76. The van der Waals surface area contributed by atoms with Gasteiger partial charge in [-0.2, -0.15) is 0 Å². The van der Waals surface area contributed by atoms with Crippen molar-refractivity contribution in [3.63, 3.8) is 0 Å². The molecule has 1 unspecified atom stereocenters. The van der Waals surface area contributed by atoms with Gasteiger partial charge >= 0.3 is 5.97 Å². The Bertz CT molecular complexity index is 599. The third-order valence-corrected chi connectivity index (χ3v) is 5.03. The lowest BCUT2D eigenvalue weighted by molar-refractivity contribution is -0.137. The summed E-state index contributed by atoms with van der Waals surface area (Å²) in [4.78, 5) is 10.9. The number of hydrogen-bond donors (Lipinski definition) is 1. The van der Waals surface area contributed by atoms with E-state index in [0.29, 0.717) is 5.69 Å². The molecular formula is C13H17NO5S. The van der Waals surface area contributed by atoms with Crippen molar-refractivity contribution in [1.82, 2.24) is 0 Å². The molecule has 2 rings (SSSR count). The van der Waals surface area contributed by atoms with Crippen LogP contribution in [0.5, 0.6) is 0 Å². The highest BCUT2D eigenvalue weighted by Crippen LogP contribution is 2.39. The van der Waals surface area contributed by atoms with Crippen molar-refractivity contribution in [2.45, 2.75) is 12.3 Å². The van der Waals surface area contributed by atoms with Crippen molar-refractivity contribution in [3.05, 3.63) is 29.8 Å². The number of para-hydroxylation sites is 1. The summed E-state index contributed by atoms with van der Waals surface area (Å²) in [6.07, 6.45) is -0.0761. The van der Waals surface area contributed by atoms with Gasteiger partial charge in [0.05, 0.1) is 24.5 Å². The number of carboxylic acids is 1. The standard InChI is InChI=1S/C13H17NO5S/c1-19-6-7-20(17,18)14-9-10(8-13(15)16)11-4-2-3-5-12(11)14/h2-5,10H,6-9H2,1H3,(H,15,16). The highest BCUT2D eigenvalue weighted by molar-refractivity contribution is 7.92. The number of ether oxygens (including phenoxy) is 1. The van der Waals surface area contributed by atoms with Crippen LogP contribution in [0.4, 0.5) is 5.69 Å². The van der Waals surface area contributed by atoms with Crippen LogP contribution in [0.2, 0.25) is 0 Å². The molecule has 0 amide bonds. The van der Waals surface area contributed by atoms with Gasteiger partial charge in [0.25, 0.3) is 0 Å². The molecule has 1 aromatic carbocycles. The topological polar surface area (TPSA) is 83.9 Å². The fourth-order valence-electron chi connectivity index (χ4n) is 2.40. The van der Waals surface area contributed by atoms with Gasteiger partial charge < -0.3 is 9.84 Å². The Morgan fingerprint density at radius 2 is 2.15 bits per heavy atom. The summed E-state index contributed by atoms with van der Waals surface area (Å²) >= 11 is 0. The monoisotopic (exact) mass is 299 g/mol. The molecule has 1 aromatic rings. The molecule has 1 aliphatic rings. The molecule has 0 bridgehead atoms. The smallest absolute Gasteiger partial charge is 0.304 e. The minimum atomic E-state index is -3.49. The second-order valence-electron chi connectivity index (χ2n) is 4.69. The number of carboxylic acid groups (broad SMARTS) is 1. The molecule has 6 nitrogen and oxygen atoms in total. The lowest BCUT2D eigenvalue weighted by Gasteiger charge is -2.19. The van der Waals surface area contributed by atoms with Gasteiger partial charge in [0.2, 0.25) is 10.0 Å². The van der Waals surface area contributed by atoms with E-state index in [-0.39, 0.29) is 31.2 Å². The summed E-state index contributed by atoms with van der Waals surface area (Å²) in [5.41, 5.74) is 1.35. The Kier molecular flexibility index (Phi) is 4.29. The summed E-state index contributed by atoms with van der Waals surface area (Å²) < 4.78 is 30.7. The largest absolute Gasteiger partial charge is 0.481 e. The fourth-order valence-corrected chi connectivity index (χ4v) is 3.87. The zero-order chi connectivity index (χ0) is 14.8. The van der Waals surface area contributed by atoms with E-state index in [9.17, 15) is 13.2 Å². The number of nitrogens with zero attached hydrogens (tertiary/aromatic N) is 1. The van der Waals surface area contributed by atoms with Gasteiger partial charge in [0.1, 0.15) is 0 Å². The summed E-state index contributed by atoms with van der Waals surface area (Å²) in [7, 11) is -2.04. The first-order valence-electron chi connectivity index (χ1n) is 6.26. The van der Waals surface area contributed by atoms with Gasteiger partial charge in [-0.05, 0) is 11.6 Å². The summed E-state index contributed by atoms with van der Waals surface area (Å²) in [6, 6.07) is 7.04. The van der Waals surface area contributed by atoms with Gasteiger partial charge in [-0.1, -0.05) is 18.2 Å². The molecule has 1 heterocycles. The second kappa shape index (κ2) is 5.80. The van der Waals surface area contributed by atoms with Crippen LogP contribution in [-0.4, -0.2) is 45.5 Å². The van der Waals surface area contributed by atoms with Crippen molar-refractivity contribution in [2.24, 2.45) is 0 Å². The second-order valence-corrected chi connectivity index (χ2v) is 6.71. The summed E-state index contributed by atoms with van der Waals surface area (Å²) in [5.74, 6) is -1.35. The molecule has 1 N–H and O–H groups in total. The molecule has 110 valence electrons. The third-order valence-electron chi connectivity index (χ3n) is 3.33. The van der Waals surface area contributed by atoms with Crippen LogP contribution in [0.15, 0.2) is 24.3 Å². The summed E-state index contributed by atoms with van der Waals surface area (Å²) in [6.45, 7) is 0.294. The van der Waals surface area contributed by atoms with Crippen molar-refractivity contribution < 1.29 is 23.1 Å². The third kappa shape index (κ3) is 2.94. The number of sulfonamides is 1. The average molecular weight is 299 g/mol. The maximum atomic E-state index is 12.3. The van der Waals surface area contributed by atoms with Gasteiger partial charge in [-0.15, -0.1) is 0 Å². The first-order chi connectivity index (χ1) is 9.45. The van der Waals surface area contributed by atoms with E-state index in [1.165, 1.54) is 11.4 Å². The van der Waals surface area contributed by atoms with Gasteiger partial charge in [-0.3, -0.25) is 9.10 Å². The van der Waals surface area contributed by atoms with E-state index >= 15 is 0 Å². The Labute approximate surface area is 118 Å². The van der Waals surface area contributed by atoms with Gasteiger partial charge in [0.15, 0.2) is 0 Å². The first kappa shape index (κ1) is 14.8. The Hall–Kier alpha value is -1.60. The van der Waals surface area contributed by atoms with Gasteiger partial charge in [-0.25, -0.2) is 8.42 Å². The molecule has 0 fully saturated rings. The number of rotatable bonds is 6. The zero-order valence-corrected chi connectivity index (χ0v) is 12.0. The molecular weight excluding hydrogens is 282 g/mol. The first-order valence-corrected chi connectivity index (χ1v) is 7.86. The van der Waals surface area contributed by atoms with Gasteiger partial charge in [0, 0.05) is 19.6 Å². The normalized spacial score (nSPS) is 18.1. The molecule has 0 saturated carbocycles. The number of anilines is 1. The Balaban J connectivity index is 2.31. The van der Waals surface area contributed by atoms with Crippen LogP contribution < -0.4 is 4.31 Å². The van der Waals surface area contributed by atoms with Crippen molar-refractivity contribution >= 4 is 21.7 Å². The zero-order valence-electron chi connectivity index (χ0n) is 11.2. The van der Waals surface area contributed by atoms with Crippen molar-refractivity contribution in [1.29, 1.82) is 0 Å². The minimum Gasteiger partial charge on any atom is -0.481 e. The molecule has 20 heavy (non-hydrogen) atoms. The minimum absolute atomic E-state index is 0.0761. The molecule has 0 radical (unpaired) electrons. The van der Waals surface area contributed by atoms with Crippen LogP contribution in [0, 0.1) is 0 Å². The molecule has 0 saturated heterocycles. The molecule has 0 aromatic heterocycles. The molecule has 0 aliphatic carbocycles. The Morgan fingerprint density at radius 1 is 1.45 bits per heavy atom.